The van der Waals surface area contributed by atoms with Crippen molar-refractivity contribution in [3.8, 4) is 0 Å². The fourth-order valence-electron chi connectivity index (χ4n) is 2.19. The van der Waals surface area contributed by atoms with Gasteiger partial charge in [0.25, 0.3) is 5.91 Å². The number of sulfonamides is 1. The molecule has 0 unspecified atom stereocenters. The number of carbonyl (C=O) groups is 1. The van der Waals surface area contributed by atoms with Gasteiger partial charge >= 0.3 is 0 Å². The van der Waals surface area contributed by atoms with Crippen LogP contribution in [0, 0.1) is 6.92 Å². The summed E-state index contributed by atoms with van der Waals surface area (Å²) in [5, 5.41) is 4.01. The SMILES string of the molecule is CC1=C/C(=N\NC(=O)CN(C)S(=O)(=O)c2ccc(C)cc2)CC1. The monoisotopic (exact) mass is 335 g/mol. The highest BCUT2D eigenvalue weighted by atomic mass is 32.2. The maximum Gasteiger partial charge on any atom is 0.255 e. The van der Waals surface area contributed by atoms with Crippen molar-refractivity contribution in [1.29, 1.82) is 0 Å². The van der Waals surface area contributed by atoms with Gasteiger partial charge in [-0.05, 0) is 44.9 Å². The van der Waals surface area contributed by atoms with Crippen LogP contribution in [0.25, 0.3) is 0 Å². The molecule has 0 saturated carbocycles. The molecule has 0 fully saturated rings. The summed E-state index contributed by atoms with van der Waals surface area (Å²) in [6, 6.07) is 6.51. The molecule has 0 aliphatic heterocycles. The summed E-state index contributed by atoms with van der Waals surface area (Å²) in [6.45, 7) is 3.61. The number of carbonyl (C=O) groups excluding carboxylic acids is 1. The number of hydrazone groups is 1. The molecule has 0 radical (unpaired) electrons. The molecule has 2 rings (SSSR count). The van der Waals surface area contributed by atoms with E-state index in [-0.39, 0.29) is 11.4 Å². The second-order valence-electron chi connectivity index (χ2n) is 5.70. The van der Waals surface area contributed by atoms with Gasteiger partial charge in [0.1, 0.15) is 0 Å². The molecule has 1 amide bonds. The van der Waals surface area contributed by atoms with Crippen molar-refractivity contribution in [2.24, 2.45) is 5.10 Å². The molecule has 124 valence electrons. The Balaban J connectivity index is 1.99. The van der Waals surface area contributed by atoms with Crippen LogP contribution in [0.5, 0.6) is 0 Å². The van der Waals surface area contributed by atoms with E-state index >= 15 is 0 Å². The first-order valence-electron chi connectivity index (χ1n) is 7.34. The Labute approximate surface area is 136 Å². The third kappa shape index (κ3) is 4.49. The quantitative estimate of drug-likeness (QED) is 0.834. The van der Waals surface area contributed by atoms with Crippen LogP contribution >= 0.6 is 0 Å². The van der Waals surface area contributed by atoms with Gasteiger partial charge in [0.2, 0.25) is 10.0 Å². The number of benzene rings is 1. The largest absolute Gasteiger partial charge is 0.272 e. The van der Waals surface area contributed by atoms with Gasteiger partial charge in [-0.3, -0.25) is 4.79 Å². The predicted octanol–water partition coefficient (Wildman–Crippen LogP) is 1.83. The summed E-state index contributed by atoms with van der Waals surface area (Å²) in [7, 11) is -2.31. The molecule has 0 spiro atoms. The number of rotatable bonds is 5. The lowest BCUT2D eigenvalue weighted by molar-refractivity contribution is -0.121. The predicted molar refractivity (Wildman–Crippen MR) is 89.6 cm³/mol. The van der Waals surface area contributed by atoms with Crippen molar-refractivity contribution >= 4 is 21.6 Å². The topological polar surface area (TPSA) is 78.8 Å². The van der Waals surface area contributed by atoms with Crippen LogP contribution in [-0.4, -0.2) is 37.9 Å². The average molecular weight is 335 g/mol. The summed E-state index contributed by atoms with van der Waals surface area (Å²) >= 11 is 0. The fraction of sp³-hybridized carbons (Fsp3) is 0.375. The number of allylic oxidation sites excluding steroid dienone is 2. The standard InChI is InChI=1S/C16H21N3O3S/c1-12-5-8-15(9-6-12)23(21,22)19(3)11-16(20)18-17-14-7-4-13(2)10-14/h5-6,8-10H,4,7,11H2,1-3H3,(H,18,20)/b17-14-. The van der Waals surface area contributed by atoms with E-state index in [1.165, 1.54) is 24.8 Å². The number of likely N-dealkylation sites (N-methyl/N-ethyl adjacent to an activating group) is 1. The van der Waals surface area contributed by atoms with E-state index < -0.39 is 15.9 Å². The Kier molecular flexibility index (Phi) is 5.33. The van der Waals surface area contributed by atoms with E-state index in [0.29, 0.717) is 0 Å². The van der Waals surface area contributed by atoms with Gasteiger partial charge in [-0.15, -0.1) is 0 Å². The maximum atomic E-state index is 12.4. The van der Waals surface area contributed by atoms with E-state index in [1.54, 1.807) is 12.1 Å². The smallest absolute Gasteiger partial charge is 0.255 e. The molecule has 0 aromatic heterocycles. The molecule has 6 nitrogen and oxygen atoms in total. The summed E-state index contributed by atoms with van der Waals surface area (Å²) in [5.41, 5.74) is 5.40. The van der Waals surface area contributed by atoms with Gasteiger partial charge in [0.15, 0.2) is 0 Å². The molecule has 1 aliphatic carbocycles. The van der Waals surface area contributed by atoms with Crippen molar-refractivity contribution in [2.45, 2.75) is 31.6 Å². The zero-order chi connectivity index (χ0) is 17.0. The zero-order valence-corrected chi connectivity index (χ0v) is 14.4. The third-order valence-electron chi connectivity index (χ3n) is 3.61. The van der Waals surface area contributed by atoms with Crippen molar-refractivity contribution in [3.05, 3.63) is 41.5 Å². The Morgan fingerprint density at radius 1 is 1.22 bits per heavy atom. The second kappa shape index (κ2) is 7.06. The lowest BCUT2D eigenvalue weighted by Gasteiger charge is -2.16. The van der Waals surface area contributed by atoms with E-state index in [0.717, 1.165) is 28.4 Å². The molecule has 0 saturated heterocycles. The van der Waals surface area contributed by atoms with Crippen LogP contribution in [-0.2, 0) is 14.8 Å². The number of hydrogen-bond donors (Lipinski definition) is 1. The van der Waals surface area contributed by atoms with Crippen LogP contribution in [0.2, 0.25) is 0 Å². The highest BCUT2D eigenvalue weighted by Gasteiger charge is 2.22. The molecule has 7 heteroatoms. The number of nitrogens with one attached hydrogen (secondary N) is 1. The summed E-state index contributed by atoms with van der Waals surface area (Å²) in [4.78, 5) is 12.0. The van der Waals surface area contributed by atoms with E-state index in [9.17, 15) is 13.2 Å². The summed E-state index contributed by atoms with van der Waals surface area (Å²) in [6.07, 6.45) is 3.66. The number of amides is 1. The normalized spacial score (nSPS) is 16.7. The highest BCUT2D eigenvalue weighted by Crippen LogP contribution is 2.15. The second-order valence-corrected chi connectivity index (χ2v) is 7.75. The number of hydrogen-bond acceptors (Lipinski definition) is 4. The van der Waals surface area contributed by atoms with Gasteiger partial charge in [-0.25, -0.2) is 13.8 Å². The first kappa shape index (κ1) is 17.4. The molecule has 1 aromatic carbocycles. The van der Waals surface area contributed by atoms with Crippen LogP contribution < -0.4 is 5.43 Å². The Morgan fingerprint density at radius 2 is 1.87 bits per heavy atom. The zero-order valence-electron chi connectivity index (χ0n) is 13.5. The molecular weight excluding hydrogens is 314 g/mol. The molecular formula is C16H21N3O3S. The first-order chi connectivity index (χ1) is 10.8. The fourth-order valence-corrected chi connectivity index (χ4v) is 3.32. The third-order valence-corrected chi connectivity index (χ3v) is 5.43. The Hall–Kier alpha value is -1.99. The molecule has 1 N–H and O–H groups in total. The minimum atomic E-state index is -3.68. The first-order valence-corrected chi connectivity index (χ1v) is 8.78. The van der Waals surface area contributed by atoms with Crippen LogP contribution in [0.4, 0.5) is 0 Å². The Bertz CT molecular complexity index is 749. The van der Waals surface area contributed by atoms with E-state index in [1.807, 2.05) is 19.9 Å². The molecule has 1 aliphatic rings. The minimum absolute atomic E-state index is 0.166. The molecule has 23 heavy (non-hydrogen) atoms. The maximum absolute atomic E-state index is 12.4. The molecule has 1 aromatic rings. The average Bonchev–Trinajstić information content (AvgIpc) is 2.91. The van der Waals surface area contributed by atoms with Crippen LogP contribution in [0.3, 0.4) is 0 Å². The minimum Gasteiger partial charge on any atom is -0.272 e. The summed E-state index contributed by atoms with van der Waals surface area (Å²) < 4.78 is 25.8. The Morgan fingerprint density at radius 3 is 2.43 bits per heavy atom. The van der Waals surface area contributed by atoms with Gasteiger partial charge in [-0.2, -0.15) is 9.41 Å². The van der Waals surface area contributed by atoms with Crippen molar-refractivity contribution in [2.75, 3.05) is 13.6 Å². The van der Waals surface area contributed by atoms with Gasteiger partial charge in [-0.1, -0.05) is 23.3 Å². The highest BCUT2D eigenvalue weighted by molar-refractivity contribution is 7.89. The number of aryl methyl sites for hydroxylation is 1. The van der Waals surface area contributed by atoms with Crippen LogP contribution in [0.15, 0.2) is 45.9 Å². The number of nitrogens with zero attached hydrogens (tertiary/aromatic N) is 2. The van der Waals surface area contributed by atoms with Crippen LogP contribution in [0.1, 0.15) is 25.3 Å². The molecule has 0 atom stereocenters. The van der Waals surface area contributed by atoms with Crippen molar-refractivity contribution in [1.82, 2.24) is 9.73 Å². The van der Waals surface area contributed by atoms with Gasteiger partial charge in [0.05, 0.1) is 17.2 Å². The van der Waals surface area contributed by atoms with Gasteiger partial charge < -0.3 is 0 Å². The van der Waals surface area contributed by atoms with Crippen molar-refractivity contribution < 1.29 is 13.2 Å². The van der Waals surface area contributed by atoms with Crippen molar-refractivity contribution in [3.63, 3.8) is 0 Å². The lowest BCUT2D eigenvalue weighted by atomic mass is 10.2. The van der Waals surface area contributed by atoms with E-state index in [2.05, 4.69) is 10.5 Å². The van der Waals surface area contributed by atoms with E-state index in [4.69, 9.17) is 0 Å². The summed E-state index contributed by atoms with van der Waals surface area (Å²) in [5.74, 6) is -0.464. The molecule has 0 heterocycles. The molecule has 0 bridgehead atoms. The van der Waals surface area contributed by atoms with Gasteiger partial charge in [0, 0.05) is 7.05 Å². The lowest BCUT2D eigenvalue weighted by Crippen LogP contribution is -2.36.